The van der Waals surface area contributed by atoms with Crippen molar-refractivity contribution in [2.45, 2.75) is 0 Å². The molecular formula is C38H20N2S2. The van der Waals surface area contributed by atoms with Gasteiger partial charge in [0, 0.05) is 45.9 Å². The van der Waals surface area contributed by atoms with Crippen molar-refractivity contribution in [3.63, 3.8) is 0 Å². The molecule has 0 atom stereocenters. The highest BCUT2D eigenvalue weighted by molar-refractivity contribution is 7.26. The quantitative estimate of drug-likeness (QED) is 0.213. The number of fused-ring (bicyclic) bond motifs is 6. The van der Waals surface area contributed by atoms with Gasteiger partial charge >= 0.3 is 0 Å². The third-order valence-electron chi connectivity index (χ3n) is 7.95. The van der Waals surface area contributed by atoms with E-state index in [-0.39, 0.29) is 0 Å². The first-order valence-corrected chi connectivity index (χ1v) is 15.3. The highest BCUT2D eigenvalue weighted by Crippen LogP contribution is 2.48. The van der Waals surface area contributed by atoms with Crippen LogP contribution in [0.1, 0.15) is 11.1 Å². The van der Waals surface area contributed by atoms with Gasteiger partial charge in [-0.05, 0) is 70.3 Å². The standard InChI is InChI=1S/C38H20N2S2/c39-21-23-7-3-8-25(19-23)36-26(27-12-6-16-35-37(27)31-9-1-2-15-33(31)41-35)10-4-11-28(36)29-13-5-14-30-32-20-24(22-40)17-18-34(32)42-38(29)30/h1-20H. The Kier molecular flexibility index (Phi) is 5.66. The molecule has 4 heteroatoms. The molecule has 0 saturated carbocycles. The zero-order valence-corrected chi connectivity index (χ0v) is 23.9. The minimum absolute atomic E-state index is 0.636. The van der Waals surface area contributed by atoms with E-state index in [0.717, 1.165) is 43.3 Å². The fourth-order valence-corrected chi connectivity index (χ4v) is 8.48. The maximum Gasteiger partial charge on any atom is 0.0991 e. The first-order valence-electron chi connectivity index (χ1n) is 13.6. The van der Waals surface area contributed by atoms with Crippen LogP contribution in [0.4, 0.5) is 0 Å². The van der Waals surface area contributed by atoms with E-state index in [4.69, 9.17) is 0 Å². The first-order chi connectivity index (χ1) is 20.7. The summed E-state index contributed by atoms with van der Waals surface area (Å²) in [4.78, 5) is 0. The molecule has 0 spiro atoms. The van der Waals surface area contributed by atoms with Crippen molar-refractivity contribution in [2.75, 3.05) is 0 Å². The summed E-state index contributed by atoms with van der Waals surface area (Å²) in [5.41, 5.74) is 8.02. The molecule has 0 N–H and O–H groups in total. The van der Waals surface area contributed by atoms with E-state index in [2.05, 4.69) is 103 Å². The van der Waals surface area contributed by atoms with Gasteiger partial charge in [0.1, 0.15) is 0 Å². The van der Waals surface area contributed by atoms with Gasteiger partial charge in [-0.1, -0.05) is 78.9 Å². The van der Waals surface area contributed by atoms with Gasteiger partial charge in [-0.15, -0.1) is 22.7 Å². The molecule has 0 unspecified atom stereocenters. The van der Waals surface area contributed by atoms with Crippen molar-refractivity contribution in [3.05, 3.63) is 132 Å². The van der Waals surface area contributed by atoms with Crippen LogP contribution in [0.5, 0.6) is 0 Å². The molecule has 2 heterocycles. The molecule has 6 aromatic carbocycles. The third kappa shape index (κ3) is 3.75. The average molecular weight is 569 g/mol. The van der Waals surface area contributed by atoms with Crippen LogP contribution >= 0.6 is 22.7 Å². The Balaban J connectivity index is 1.49. The lowest BCUT2D eigenvalue weighted by Gasteiger charge is -2.18. The molecule has 0 radical (unpaired) electrons. The molecule has 0 aliphatic heterocycles. The summed E-state index contributed by atoms with van der Waals surface area (Å²) in [7, 11) is 0. The summed E-state index contributed by atoms with van der Waals surface area (Å²) in [5.74, 6) is 0. The molecule has 0 bridgehead atoms. The Labute approximate surface area is 250 Å². The first kappa shape index (κ1) is 24.5. The molecule has 194 valence electrons. The van der Waals surface area contributed by atoms with E-state index in [1.165, 1.54) is 30.4 Å². The predicted molar refractivity (Wildman–Crippen MR) is 178 cm³/mol. The van der Waals surface area contributed by atoms with Gasteiger partial charge in [-0.3, -0.25) is 0 Å². The lowest BCUT2D eigenvalue weighted by atomic mass is 9.85. The maximum absolute atomic E-state index is 9.81. The number of benzene rings is 6. The van der Waals surface area contributed by atoms with Crippen molar-refractivity contribution in [1.82, 2.24) is 0 Å². The van der Waals surface area contributed by atoms with Gasteiger partial charge in [0.25, 0.3) is 0 Å². The molecule has 0 aliphatic rings. The molecule has 42 heavy (non-hydrogen) atoms. The van der Waals surface area contributed by atoms with E-state index in [1.54, 1.807) is 11.3 Å². The van der Waals surface area contributed by atoms with Crippen LogP contribution in [0.3, 0.4) is 0 Å². The molecule has 0 amide bonds. The number of hydrogen-bond acceptors (Lipinski definition) is 4. The summed E-state index contributed by atoms with van der Waals surface area (Å²) < 4.78 is 4.89. The van der Waals surface area contributed by atoms with Crippen LogP contribution in [-0.2, 0) is 0 Å². The minimum Gasteiger partial charge on any atom is -0.192 e. The summed E-state index contributed by atoms with van der Waals surface area (Å²) in [6.07, 6.45) is 0. The van der Waals surface area contributed by atoms with Crippen LogP contribution in [-0.4, -0.2) is 0 Å². The third-order valence-corrected chi connectivity index (χ3v) is 10.3. The highest BCUT2D eigenvalue weighted by Gasteiger charge is 2.20. The van der Waals surface area contributed by atoms with Crippen molar-refractivity contribution in [3.8, 4) is 45.5 Å². The number of rotatable bonds is 3. The van der Waals surface area contributed by atoms with Crippen LogP contribution < -0.4 is 0 Å². The molecular weight excluding hydrogens is 549 g/mol. The summed E-state index contributed by atoms with van der Waals surface area (Å²) in [6, 6.07) is 46.7. The van der Waals surface area contributed by atoms with Gasteiger partial charge in [0.15, 0.2) is 0 Å². The van der Waals surface area contributed by atoms with Crippen molar-refractivity contribution >= 4 is 63.0 Å². The molecule has 8 rings (SSSR count). The van der Waals surface area contributed by atoms with Gasteiger partial charge in [-0.25, -0.2) is 0 Å². The van der Waals surface area contributed by atoms with E-state index in [0.29, 0.717) is 11.1 Å². The molecule has 2 nitrogen and oxygen atoms in total. The van der Waals surface area contributed by atoms with Crippen LogP contribution in [0.2, 0.25) is 0 Å². The largest absolute Gasteiger partial charge is 0.192 e. The number of nitriles is 2. The molecule has 0 fully saturated rings. The fraction of sp³-hybridized carbons (Fsp3) is 0. The highest BCUT2D eigenvalue weighted by atomic mass is 32.1. The summed E-state index contributed by atoms with van der Waals surface area (Å²) in [5, 5.41) is 24.1. The van der Waals surface area contributed by atoms with Gasteiger partial charge < -0.3 is 0 Å². The maximum atomic E-state index is 9.81. The monoisotopic (exact) mass is 568 g/mol. The zero-order valence-electron chi connectivity index (χ0n) is 22.3. The van der Waals surface area contributed by atoms with Gasteiger partial charge in [0.2, 0.25) is 0 Å². The normalized spacial score (nSPS) is 11.3. The van der Waals surface area contributed by atoms with Gasteiger partial charge in [0.05, 0.1) is 23.3 Å². The van der Waals surface area contributed by atoms with E-state index in [9.17, 15) is 10.5 Å². The van der Waals surface area contributed by atoms with Crippen molar-refractivity contribution in [1.29, 1.82) is 10.5 Å². The van der Waals surface area contributed by atoms with E-state index < -0.39 is 0 Å². The zero-order chi connectivity index (χ0) is 28.2. The van der Waals surface area contributed by atoms with Crippen LogP contribution in [0.25, 0.3) is 73.7 Å². The Bertz CT molecular complexity index is 2450. The van der Waals surface area contributed by atoms with Crippen molar-refractivity contribution < 1.29 is 0 Å². The van der Waals surface area contributed by atoms with E-state index >= 15 is 0 Å². The Morgan fingerprint density at radius 1 is 0.452 bits per heavy atom. The molecule has 0 saturated heterocycles. The van der Waals surface area contributed by atoms with Gasteiger partial charge in [-0.2, -0.15) is 10.5 Å². The fourth-order valence-electron chi connectivity index (χ4n) is 6.14. The summed E-state index contributed by atoms with van der Waals surface area (Å²) in [6.45, 7) is 0. The lowest BCUT2D eigenvalue weighted by Crippen LogP contribution is -1.92. The lowest BCUT2D eigenvalue weighted by molar-refractivity contribution is 1.48. The number of hydrogen-bond donors (Lipinski definition) is 0. The second-order valence-electron chi connectivity index (χ2n) is 10.3. The minimum atomic E-state index is 0.636. The second-order valence-corrected chi connectivity index (χ2v) is 12.4. The molecule has 0 aliphatic carbocycles. The van der Waals surface area contributed by atoms with Crippen molar-refractivity contribution in [2.24, 2.45) is 0 Å². The smallest absolute Gasteiger partial charge is 0.0991 e. The molecule has 2 aromatic heterocycles. The Morgan fingerprint density at radius 2 is 1.10 bits per heavy atom. The SMILES string of the molecule is N#Cc1cccc(-c2c(-c3cccc4c3sc3ccc(C#N)cc34)cccc2-c2cccc3sc4ccccc4c23)c1. The number of nitrogens with zero attached hydrogens (tertiary/aromatic N) is 2. The second kappa shape index (κ2) is 9.68. The predicted octanol–water partition coefficient (Wildman–Crippen LogP) is 11.2. The average Bonchev–Trinajstić information content (AvgIpc) is 3.62. The summed E-state index contributed by atoms with van der Waals surface area (Å²) >= 11 is 3.58. The Morgan fingerprint density at radius 3 is 1.98 bits per heavy atom. The van der Waals surface area contributed by atoms with E-state index in [1.807, 2.05) is 41.7 Å². The molecule has 8 aromatic rings. The van der Waals surface area contributed by atoms with Crippen LogP contribution in [0.15, 0.2) is 121 Å². The Hall–Kier alpha value is -5.26. The van der Waals surface area contributed by atoms with Crippen LogP contribution in [0, 0.1) is 22.7 Å². The topological polar surface area (TPSA) is 47.6 Å². The number of thiophene rings is 2.